The Balaban J connectivity index is 2.06. The predicted molar refractivity (Wildman–Crippen MR) is 86.3 cm³/mol. The molecule has 0 amide bonds. The highest BCUT2D eigenvalue weighted by Gasteiger charge is 2.09. The molecule has 1 aromatic heterocycles. The van der Waals surface area contributed by atoms with E-state index in [9.17, 15) is 5.11 Å². The molecule has 0 unspecified atom stereocenters. The number of hydrogen-bond donors (Lipinski definition) is 1. The summed E-state index contributed by atoms with van der Waals surface area (Å²) >= 11 is 0. The van der Waals surface area contributed by atoms with E-state index >= 15 is 0 Å². The van der Waals surface area contributed by atoms with Crippen molar-refractivity contribution in [2.45, 2.75) is 0 Å². The minimum atomic E-state index is 0.296. The minimum Gasteiger partial charge on any atom is -0.507 e. The topological polar surface area (TPSA) is 33.1 Å². The summed E-state index contributed by atoms with van der Waals surface area (Å²) in [6.07, 6.45) is 1.78. The molecule has 0 bridgehead atoms. The summed E-state index contributed by atoms with van der Waals surface area (Å²) < 4.78 is 0. The normalized spacial score (nSPS) is 11.0. The summed E-state index contributed by atoms with van der Waals surface area (Å²) in [5.41, 5.74) is 2.78. The van der Waals surface area contributed by atoms with E-state index in [1.807, 2.05) is 60.7 Å². The van der Waals surface area contributed by atoms with Crippen molar-refractivity contribution >= 4 is 21.7 Å². The van der Waals surface area contributed by atoms with E-state index < -0.39 is 0 Å². The van der Waals surface area contributed by atoms with Crippen LogP contribution in [0, 0.1) is 0 Å². The lowest BCUT2D eigenvalue weighted by Gasteiger charge is -2.10. The number of hydrogen-bond acceptors (Lipinski definition) is 2. The molecule has 21 heavy (non-hydrogen) atoms. The van der Waals surface area contributed by atoms with Gasteiger partial charge in [-0.3, -0.25) is 4.98 Å². The van der Waals surface area contributed by atoms with Gasteiger partial charge >= 0.3 is 0 Å². The van der Waals surface area contributed by atoms with Crippen molar-refractivity contribution < 1.29 is 5.11 Å². The number of fused-ring (bicyclic) bond motifs is 2. The highest BCUT2D eigenvalue weighted by atomic mass is 16.3. The van der Waals surface area contributed by atoms with Gasteiger partial charge < -0.3 is 5.11 Å². The van der Waals surface area contributed by atoms with Crippen LogP contribution in [0.1, 0.15) is 0 Å². The van der Waals surface area contributed by atoms with Crippen molar-refractivity contribution in [3.8, 4) is 16.9 Å². The van der Waals surface area contributed by atoms with E-state index in [2.05, 4.69) is 11.1 Å². The molecule has 0 aliphatic heterocycles. The van der Waals surface area contributed by atoms with Crippen LogP contribution in [0.5, 0.6) is 5.75 Å². The molecule has 4 aromatic rings. The van der Waals surface area contributed by atoms with E-state index in [4.69, 9.17) is 0 Å². The molecule has 0 fully saturated rings. The summed E-state index contributed by atoms with van der Waals surface area (Å²) in [7, 11) is 0. The molecule has 2 nitrogen and oxygen atoms in total. The van der Waals surface area contributed by atoms with Crippen LogP contribution in [-0.4, -0.2) is 10.1 Å². The summed E-state index contributed by atoms with van der Waals surface area (Å²) in [5.74, 6) is 0.296. The zero-order chi connectivity index (χ0) is 14.2. The first-order chi connectivity index (χ1) is 10.3. The largest absolute Gasteiger partial charge is 0.507 e. The van der Waals surface area contributed by atoms with Gasteiger partial charge in [0.25, 0.3) is 0 Å². The Morgan fingerprint density at radius 1 is 0.714 bits per heavy atom. The van der Waals surface area contributed by atoms with Crippen LogP contribution >= 0.6 is 0 Å². The lowest BCUT2D eigenvalue weighted by molar-refractivity contribution is 0.478. The number of aromatic hydroxyl groups is 1. The van der Waals surface area contributed by atoms with Gasteiger partial charge in [-0.25, -0.2) is 0 Å². The van der Waals surface area contributed by atoms with Gasteiger partial charge in [0.05, 0.1) is 5.52 Å². The Hall–Kier alpha value is -2.87. The third kappa shape index (κ3) is 1.93. The fourth-order valence-electron chi connectivity index (χ4n) is 2.78. The van der Waals surface area contributed by atoms with Gasteiger partial charge in [-0.2, -0.15) is 0 Å². The molecule has 0 atom stereocenters. The molecule has 0 radical (unpaired) electrons. The van der Waals surface area contributed by atoms with E-state index in [0.717, 1.165) is 32.8 Å². The Morgan fingerprint density at radius 3 is 2.38 bits per heavy atom. The first kappa shape index (κ1) is 11.9. The highest BCUT2D eigenvalue weighted by Crippen LogP contribution is 2.36. The highest BCUT2D eigenvalue weighted by molar-refractivity contribution is 5.99. The van der Waals surface area contributed by atoms with Crippen molar-refractivity contribution in [2.24, 2.45) is 0 Å². The van der Waals surface area contributed by atoms with Gasteiger partial charge in [-0.05, 0) is 40.6 Å². The fraction of sp³-hybridized carbons (Fsp3) is 0. The van der Waals surface area contributed by atoms with Crippen LogP contribution in [-0.2, 0) is 0 Å². The van der Waals surface area contributed by atoms with Crippen molar-refractivity contribution in [3.05, 3.63) is 72.9 Å². The molecule has 1 N–H and O–H groups in total. The number of phenols is 1. The second-order valence-corrected chi connectivity index (χ2v) is 5.09. The molecule has 0 spiro atoms. The van der Waals surface area contributed by atoms with Crippen LogP contribution in [0.4, 0.5) is 0 Å². The second kappa shape index (κ2) is 4.60. The molecule has 3 aromatic carbocycles. The van der Waals surface area contributed by atoms with Crippen LogP contribution in [0.3, 0.4) is 0 Å². The Labute approximate surface area is 122 Å². The van der Waals surface area contributed by atoms with E-state index in [1.54, 1.807) is 6.20 Å². The van der Waals surface area contributed by atoms with E-state index in [-0.39, 0.29) is 0 Å². The lowest BCUT2D eigenvalue weighted by Crippen LogP contribution is -1.85. The molecule has 2 heteroatoms. The third-order valence-corrected chi connectivity index (χ3v) is 3.80. The van der Waals surface area contributed by atoms with Crippen LogP contribution in [0.2, 0.25) is 0 Å². The second-order valence-electron chi connectivity index (χ2n) is 5.09. The predicted octanol–water partition coefficient (Wildman–Crippen LogP) is 4.76. The van der Waals surface area contributed by atoms with Gasteiger partial charge in [0.1, 0.15) is 5.75 Å². The molecule has 100 valence electrons. The van der Waals surface area contributed by atoms with Gasteiger partial charge in [-0.1, -0.05) is 42.5 Å². The zero-order valence-electron chi connectivity index (χ0n) is 11.3. The maximum atomic E-state index is 10.4. The Morgan fingerprint density at radius 2 is 1.52 bits per heavy atom. The van der Waals surface area contributed by atoms with Crippen molar-refractivity contribution in [1.82, 2.24) is 4.98 Å². The first-order valence-electron chi connectivity index (χ1n) is 6.89. The summed E-state index contributed by atoms with van der Waals surface area (Å²) in [6, 6.07) is 21.8. The summed E-state index contributed by atoms with van der Waals surface area (Å²) in [5, 5.41) is 13.6. The van der Waals surface area contributed by atoms with Gasteiger partial charge in [0, 0.05) is 17.1 Å². The molecule has 0 aliphatic carbocycles. The fourth-order valence-corrected chi connectivity index (χ4v) is 2.78. The number of rotatable bonds is 1. The molecule has 1 heterocycles. The smallest absolute Gasteiger partial charge is 0.124 e. The summed E-state index contributed by atoms with van der Waals surface area (Å²) in [4.78, 5) is 4.38. The van der Waals surface area contributed by atoms with E-state index in [0.29, 0.717) is 5.75 Å². The SMILES string of the molecule is Oc1cc2ccccc2cc1-c1cccc2ncccc12. The van der Waals surface area contributed by atoms with Gasteiger partial charge in [-0.15, -0.1) is 0 Å². The van der Waals surface area contributed by atoms with Crippen LogP contribution in [0.15, 0.2) is 72.9 Å². The molecule has 0 saturated heterocycles. The molecular weight excluding hydrogens is 258 g/mol. The summed E-state index contributed by atoms with van der Waals surface area (Å²) in [6.45, 7) is 0. The van der Waals surface area contributed by atoms with Crippen molar-refractivity contribution in [3.63, 3.8) is 0 Å². The standard InChI is InChI=1S/C19H13NO/c21-19-12-14-6-2-1-5-13(14)11-17(19)15-7-3-9-18-16(15)8-4-10-20-18/h1-12,21H. The van der Waals surface area contributed by atoms with Crippen molar-refractivity contribution in [2.75, 3.05) is 0 Å². The first-order valence-corrected chi connectivity index (χ1v) is 6.89. The number of pyridine rings is 1. The van der Waals surface area contributed by atoms with Gasteiger partial charge in [0.2, 0.25) is 0 Å². The molecule has 0 saturated carbocycles. The monoisotopic (exact) mass is 271 g/mol. The Bertz CT molecular complexity index is 954. The zero-order valence-corrected chi connectivity index (χ0v) is 11.3. The van der Waals surface area contributed by atoms with Crippen molar-refractivity contribution in [1.29, 1.82) is 0 Å². The molecule has 4 rings (SSSR count). The average Bonchev–Trinajstić information content (AvgIpc) is 2.54. The van der Waals surface area contributed by atoms with E-state index in [1.165, 1.54) is 0 Å². The van der Waals surface area contributed by atoms with Gasteiger partial charge in [0.15, 0.2) is 0 Å². The van der Waals surface area contributed by atoms with Crippen LogP contribution < -0.4 is 0 Å². The Kier molecular flexibility index (Phi) is 2.61. The maximum Gasteiger partial charge on any atom is 0.124 e. The molecule has 0 aliphatic rings. The molecular formula is C19H13NO. The number of benzene rings is 3. The minimum absolute atomic E-state index is 0.296. The maximum absolute atomic E-state index is 10.4. The average molecular weight is 271 g/mol. The van der Waals surface area contributed by atoms with Crippen LogP contribution in [0.25, 0.3) is 32.8 Å². The number of aromatic nitrogens is 1. The number of phenolic OH excluding ortho intramolecular Hbond substituents is 1. The quantitative estimate of drug-likeness (QED) is 0.541. The lowest BCUT2D eigenvalue weighted by atomic mass is 9.97. The third-order valence-electron chi connectivity index (χ3n) is 3.80. The number of nitrogens with zero attached hydrogens (tertiary/aromatic N) is 1.